The topological polar surface area (TPSA) is 32.3 Å². The molecule has 0 amide bonds. The van der Waals surface area contributed by atoms with Gasteiger partial charge >= 0.3 is 0 Å². The van der Waals surface area contributed by atoms with Crippen LogP contribution in [0.4, 0.5) is 0 Å². The van der Waals surface area contributed by atoms with Crippen LogP contribution in [0.25, 0.3) is 10.1 Å². The van der Waals surface area contributed by atoms with E-state index in [0.29, 0.717) is 0 Å². The van der Waals surface area contributed by atoms with E-state index in [2.05, 4.69) is 5.48 Å². The normalized spacial score (nSPS) is 13.4. The average Bonchev–Trinajstić information content (AvgIpc) is 2.62. The Morgan fingerprint density at radius 3 is 2.93 bits per heavy atom. The van der Waals surface area contributed by atoms with Crippen molar-refractivity contribution < 1.29 is 5.21 Å². The Hall–Kier alpha value is -0.610. The van der Waals surface area contributed by atoms with Gasteiger partial charge in [0.15, 0.2) is 0 Å². The molecule has 2 N–H and O–H groups in total. The molecule has 0 fully saturated rings. The highest BCUT2D eigenvalue weighted by Gasteiger charge is 2.09. The Balaban J connectivity index is 2.56. The van der Waals surface area contributed by atoms with Gasteiger partial charge in [0.2, 0.25) is 0 Å². The molecule has 2 rings (SSSR count). The van der Waals surface area contributed by atoms with Crippen LogP contribution in [-0.2, 0) is 0 Å². The molecule has 4 heteroatoms. The molecule has 1 aromatic carbocycles. The van der Waals surface area contributed by atoms with Crippen LogP contribution in [0.2, 0.25) is 5.02 Å². The van der Waals surface area contributed by atoms with E-state index in [0.717, 1.165) is 20.0 Å². The highest BCUT2D eigenvalue weighted by molar-refractivity contribution is 7.19. The smallest absolute Gasteiger partial charge is 0.0634 e. The van der Waals surface area contributed by atoms with Gasteiger partial charge in [-0.3, -0.25) is 0 Å². The molecule has 0 aliphatic carbocycles. The van der Waals surface area contributed by atoms with E-state index in [1.165, 1.54) is 0 Å². The Morgan fingerprint density at radius 2 is 2.29 bits per heavy atom. The number of rotatable bonds is 2. The van der Waals surface area contributed by atoms with Crippen LogP contribution in [0.15, 0.2) is 24.3 Å². The van der Waals surface area contributed by atoms with Gasteiger partial charge in [0, 0.05) is 20.0 Å². The van der Waals surface area contributed by atoms with Crippen molar-refractivity contribution >= 4 is 33.0 Å². The van der Waals surface area contributed by atoms with E-state index in [-0.39, 0.29) is 6.04 Å². The second-order valence-electron chi connectivity index (χ2n) is 3.15. The molecule has 0 aliphatic heterocycles. The van der Waals surface area contributed by atoms with E-state index in [4.69, 9.17) is 16.8 Å². The number of fused-ring (bicyclic) bond motifs is 1. The zero-order chi connectivity index (χ0) is 10.1. The van der Waals surface area contributed by atoms with Gasteiger partial charge in [0.05, 0.1) is 6.04 Å². The molecular formula is C10H10ClNOS. The third kappa shape index (κ3) is 1.64. The molecule has 2 nitrogen and oxygen atoms in total. The summed E-state index contributed by atoms with van der Waals surface area (Å²) < 4.78 is 1.15. The van der Waals surface area contributed by atoms with Crippen molar-refractivity contribution in [3.63, 3.8) is 0 Å². The number of halogens is 1. The number of hydroxylamine groups is 1. The summed E-state index contributed by atoms with van der Waals surface area (Å²) in [5, 5.41) is 10.6. The molecule has 0 radical (unpaired) electrons. The van der Waals surface area contributed by atoms with Gasteiger partial charge in [-0.1, -0.05) is 17.7 Å². The first kappa shape index (κ1) is 9.93. The predicted molar refractivity (Wildman–Crippen MR) is 60.2 cm³/mol. The zero-order valence-corrected chi connectivity index (χ0v) is 9.19. The number of thiophene rings is 1. The molecule has 1 aromatic heterocycles. The lowest BCUT2D eigenvalue weighted by molar-refractivity contribution is 0.135. The maximum absolute atomic E-state index is 8.81. The monoisotopic (exact) mass is 227 g/mol. The molecule has 74 valence electrons. The van der Waals surface area contributed by atoms with Gasteiger partial charge in [0.1, 0.15) is 0 Å². The second-order valence-corrected chi connectivity index (χ2v) is 4.67. The number of hydrogen-bond acceptors (Lipinski definition) is 3. The number of benzene rings is 1. The molecule has 1 heterocycles. The van der Waals surface area contributed by atoms with Crippen LogP contribution >= 0.6 is 22.9 Å². The molecule has 0 bridgehead atoms. The molecule has 0 spiro atoms. The van der Waals surface area contributed by atoms with Gasteiger partial charge in [0.25, 0.3) is 0 Å². The summed E-state index contributed by atoms with van der Waals surface area (Å²) in [6.07, 6.45) is 0. The van der Waals surface area contributed by atoms with Crippen molar-refractivity contribution in [1.29, 1.82) is 0 Å². The third-order valence-corrected chi connectivity index (χ3v) is 3.76. The standard InChI is InChI=1S/C10H10ClNOS/c1-6(12-13)10-5-7-8(11)3-2-4-9(7)14-10/h2-6,12-13H,1H3. The van der Waals surface area contributed by atoms with Crippen LogP contribution in [0.3, 0.4) is 0 Å². The van der Waals surface area contributed by atoms with Crippen molar-refractivity contribution in [2.24, 2.45) is 0 Å². The zero-order valence-electron chi connectivity index (χ0n) is 7.62. The summed E-state index contributed by atoms with van der Waals surface area (Å²) in [4.78, 5) is 1.08. The van der Waals surface area contributed by atoms with Crippen LogP contribution in [0.5, 0.6) is 0 Å². The Morgan fingerprint density at radius 1 is 1.50 bits per heavy atom. The Labute approximate surface area is 91.1 Å². The lowest BCUT2D eigenvalue weighted by Gasteiger charge is -2.03. The maximum Gasteiger partial charge on any atom is 0.0634 e. The summed E-state index contributed by atoms with van der Waals surface area (Å²) in [6, 6.07) is 7.79. The summed E-state index contributed by atoms with van der Waals surface area (Å²) >= 11 is 7.68. The number of hydrogen-bond donors (Lipinski definition) is 2. The fraction of sp³-hybridized carbons (Fsp3) is 0.200. The fourth-order valence-electron chi connectivity index (χ4n) is 1.32. The summed E-state index contributed by atoms with van der Waals surface area (Å²) in [5.41, 5.74) is 2.23. The summed E-state index contributed by atoms with van der Waals surface area (Å²) in [7, 11) is 0. The second kappa shape index (κ2) is 3.87. The predicted octanol–water partition coefficient (Wildman–Crippen LogP) is 3.59. The Bertz CT molecular complexity index is 454. The molecule has 0 saturated heterocycles. The first-order valence-corrected chi connectivity index (χ1v) is 5.49. The fourth-order valence-corrected chi connectivity index (χ4v) is 2.69. The first-order valence-electron chi connectivity index (χ1n) is 4.30. The van der Waals surface area contributed by atoms with E-state index in [9.17, 15) is 0 Å². The third-order valence-electron chi connectivity index (χ3n) is 2.15. The highest BCUT2D eigenvalue weighted by atomic mass is 35.5. The minimum Gasteiger partial charge on any atom is -0.316 e. The molecular weight excluding hydrogens is 218 g/mol. The van der Waals surface area contributed by atoms with Gasteiger partial charge in [-0.05, 0) is 25.1 Å². The van der Waals surface area contributed by atoms with E-state index in [1.807, 2.05) is 31.2 Å². The largest absolute Gasteiger partial charge is 0.316 e. The van der Waals surface area contributed by atoms with E-state index >= 15 is 0 Å². The molecule has 14 heavy (non-hydrogen) atoms. The highest BCUT2D eigenvalue weighted by Crippen LogP contribution is 2.33. The van der Waals surface area contributed by atoms with Gasteiger partial charge in [-0.15, -0.1) is 11.3 Å². The molecule has 2 aromatic rings. The van der Waals surface area contributed by atoms with Crippen molar-refractivity contribution in [1.82, 2.24) is 5.48 Å². The van der Waals surface area contributed by atoms with Gasteiger partial charge < -0.3 is 5.21 Å². The van der Waals surface area contributed by atoms with Crippen molar-refractivity contribution in [3.05, 3.63) is 34.2 Å². The number of nitrogens with one attached hydrogen (secondary N) is 1. The van der Waals surface area contributed by atoms with E-state index in [1.54, 1.807) is 11.3 Å². The summed E-state index contributed by atoms with van der Waals surface area (Å²) in [6.45, 7) is 1.90. The van der Waals surface area contributed by atoms with Crippen LogP contribution in [0, 0.1) is 0 Å². The summed E-state index contributed by atoms with van der Waals surface area (Å²) in [5.74, 6) is 0. The Kier molecular flexibility index (Phi) is 2.74. The molecule has 1 unspecified atom stereocenters. The lowest BCUT2D eigenvalue weighted by atomic mass is 10.2. The quantitative estimate of drug-likeness (QED) is 0.769. The van der Waals surface area contributed by atoms with Crippen LogP contribution in [0.1, 0.15) is 17.8 Å². The van der Waals surface area contributed by atoms with Crippen molar-refractivity contribution in [2.75, 3.05) is 0 Å². The minimum absolute atomic E-state index is 0.0523. The van der Waals surface area contributed by atoms with Crippen LogP contribution in [-0.4, -0.2) is 5.21 Å². The first-order chi connectivity index (χ1) is 6.72. The average molecular weight is 228 g/mol. The van der Waals surface area contributed by atoms with Crippen molar-refractivity contribution in [3.8, 4) is 0 Å². The molecule has 0 aliphatic rings. The van der Waals surface area contributed by atoms with Gasteiger partial charge in [-0.25, -0.2) is 0 Å². The lowest BCUT2D eigenvalue weighted by Crippen LogP contribution is -2.11. The van der Waals surface area contributed by atoms with Gasteiger partial charge in [-0.2, -0.15) is 5.48 Å². The molecule has 1 atom stereocenters. The van der Waals surface area contributed by atoms with Crippen molar-refractivity contribution in [2.45, 2.75) is 13.0 Å². The van der Waals surface area contributed by atoms with Crippen LogP contribution < -0.4 is 5.48 Å². The van der Waals surface area contributed by atoms with E-state index < -0.39 is 0 Å². The SMILES string of the molecule is CC(NO)c1cc2c(Cl)cccc2s1. The minimum atomic E-state index is -0.0523. The maximum atomic E-state index is 8.81. The molecule has 0 saturated carbocycles.